The molecule has 1 aromatic carbocycles. The predicted molar refractivity (Wildman–Crippen MR) is 89.7 cm³/mol. The first-order chi connectivity index (χ1) is 10.9. The first kappa shape index (κ1) is 16.8. The fraction of sp³-hybridized carbons (Fsp3) is 0.200. The van der Waals surface area contributed by atoms with Gasteiger partial charge in [0.1, 0.15) is 5.03 Å². The molecule has 2 rings (SSSR count). The van der Waals surface area contributed by atoms with E-state index in [1.807, 2.05) is 0 Å². The van der Waals surface area contributed by atoms with E-state index in [1.165, 1.54) is 18.7 Å². The topological polar surface area (TPSA) is 104 Å². The normalized spacial score (nSPS) is 10.2. The first-order valence-corrected chi connectivity index (χ1v) is 7.79. The molecule has 23 heavy (non-hydrogen) atoms. The van der Waals surface area contributed by atoms with Crippen molar-refractivity contribution in [1.29, 1.82) is 0 Å². The van der Waals surface area contributed by atoms with Crippen LogP contribution < -0.4 is 16.3 Å². The van der Waals surface area contributed by atoms with Gasteiger partial charge >= 0.3 is 5.69 Å². The average molecular weight is 332 g/mol. The molecule has 0 aliphatic carbocycles. The summed E-state index contributed by atoms with van der Waals surface area (Å²) in [6.07, 6.45) is 0. The molecule has 0 radical (unpaired) electrons. The summed E-state index contributed by atoms with van der Waals surface area (Å²) >= 11 is 1.19. The number of H-pyrrole nitrogens is 1. The van der Waals surface area contributed by atoms with Gasteiger partial charge in [-0.25, -0.2) is 4.79 Å². The van der Waals surface area contributed by atoms with Crippen molar-refractivity contribution < 1.29 is 9.59 Å². The van der Waals surface area contributed by atoms with Crippen LogP contribution in [0.3, 0.4) is 0 Å². The van der Waals surface area contributed by atoms with Crippen LogP contribution in [-0.4, -0.2) is 27.5 Å². The molecular weight excluding hydrogens is 316 g/mol. The Morgan fingerprint density at radius 3 is 2.35 bits per heavy atom. The standard InChI is InChI=1S/C15H16N4O3S/c1-9-7-14(19-15(22)16-9)23-8-13(21)18-12-5-3-11(4-6-12)17-10(2)20/h3-7H,8H2,1-2H3,(H,17,20)(H,18,21)(H,16,19,22). The van der Waals surface area contributed by atoms with Crippen molar-refractivity contribution in [3.05, 3.63) is 46.5 Å². The van der Waals surface area contributed by atoms with E-state index in [0.717, 1.165) is 0 Å². The highest BCUT2D eigenvalue weighted by Gasteiger charge is 2.06. The molecule has 0 aliphatic rings. The molecule has 1 heterocycles. The lowest BCUT2D eigenvalue weighted by atomic mass is 10.3. The van der Waals surface area contributed by atoms with E-state index in [-0.39, 0.29) is 17.6 Å². The van der Waals surface area contributed by atoms with Gasteiger partial charge < -0.3 is 15.6 Å². The number of hydrogen-bond acceptors (Lipinski definition) is 5. The summed E-state index contributed by atoms with van der Waals surface area (Å²) in [5.41, 5.74) is 1.55. The highest BCUT2D eigenvalue weighted by molar-refractivity contribution is 7.99. The fourth-order valence-electron chi connectivity index (χ4n) is 1.80. The zero-order chi connectivity index (χ0) is 16.8. The Hall–Kier alpha value is -2.61. The lowest BCUT2D eigenvalue weighted by Crippen LogP contribution is -2.16. The SMILES string of the molecule is CC(=O)Nc1ccc(NC(=O)CSc2cc(C)[nH]c(=O)n2)cc1. The molecule has 0 saturated heterocycles. The number of anilines is 2. The van der Waals surface area contributed by atoms with Crippen molar-refractivity contribution in [2.24, 2.45) is 0 Å². The molecule has 0 unspecified atom stereocenters. The van der Waals surface area contributed by atoms with E-state index >= 15 is 0 Å². The van der Waals surface area contributed by atoms with Crippen LogP contribution >= 0.6 is 11.8 Å². The molecule has 1 aromatic heterocycles. The third-order valence-electron chi connectivity index (χ3n) is 2.70. The minimum absolute atomic E-state index is 0.142. The Bertz CT molecular complexity index is 771. The second kappa shape index (κ2) is 7.59. The number of thioether (sulfide) groups is 1. The summed E-state index contributed by atoms with van der Waals surface area (Å²) in [4.78, 5) is 40.4. The number of carbonyl (C=O) groups excluding carboxylic acids is 2. The van der Waals surface area contributed by atoms with E-state index in [1.54, 1.807) is 37.3 Å². The molecule has 0 aliphatic heterocycles. The maximum absolute atomic E-state index is 11.9. The third-order valence-corrected chi connectivity index (χ3v) is 3.61. The van der Waals surface area contributed by atoms with Crippen molar-refractivity contribution in [2.75, 3.05) is 16.4 Å². The quantitative estimate of drug-likeness (QED) is 0.572. The number of amides is 2. The van der Waals surface area contributed by atoms with Gasteiger partial charge in [0.2, 0.25) is 11.8 Å². The Labute approximate surface area is 136 Å². The number of aromatic amines is 1. The number of aryl methyl sites for hydroxylation is 1. The summed E-state index contributed by atoms with van der Waals surface area (Å²) < 4.78 is 0. The van der Waals surface area contributed by atoms with Gasteiger partial charge in [-0.05, 0) is 37.3 Å². The number of nitrogens with one attached hydrogen (secondary N) is 3. The van der Waals surface area contributed by atoms with Crippen molar-refractivity contribution in [3.8, 4) is 0 Å². The summed E-state index contributed by atoms with van der Waals surface area (Å²) in [5.74, 6) is -0.218. The van der Waals surface area contributed by atoms with Crippen LogP contribution in [0.15, 0.2) is 40.2 Å². The summed E-state index contributed by atoms with van der Waals surface area (Å²) in [7, 11) is 0. The van der Waals surface area contributed by atoms with Crippen LogP contribution in [0.25, 0.3) is 0 Å². The van der Waals surface area contributed by atoms with Gasteiger partial charge in [-0.3, -0.25) is 9.59 Å². The van der Waals surface area contributed by atoms with E-state index < -0.39 is 5.69 Å². The van der Waals surface area contributed by atoms with E-state index in [9.17, 15) is 14.4 Å². The molecule has 2 amide bonds. The van der Waals surface area contributed by atoms with Gasteiger partial charge in [0, 0.05) is 24.0 Å². The van der Waals surface area contributed by atoms with Crippen LogP contribution in [-0.2, 0) is 9.59 Å². The molecule has 0 bridgehead atoms. The summed E-state index contributed by atoms with van der Waals surface area (Å²) in [5, 5.41) is 5.88. The van der Waals surface area contributed by atoms with Crippen LogP contribution in [0.5, 0.6) is 0 Å². The second-order valence-electron chi connectivity index (χ2n) is 4.80. The molecular formula is C15H16N4O3S. The minimum Gasteiger partial charge on any atom is -0.326 e. The van der Waals surface area contributed by atoms with Gasteiger partial charge in [0.05, 0.1) is 5.75 Å². The van der Waals surface area contributed by atoms with Crippen LogP contribution in [0, 0.1) is 6.92 Å². The number of aromatic nitrogens is 2. The average Bonchev–Trinajstić information content (AvgIpc) is 2.46. The van der Waals surface area contributed by atoms with Gasteiger partial charge in [-0.1, -0.05) is 11.8 Å². The van der Waals surface area contributed by atoms with Crippen molar-refractivity contribution in [2.45, 2.75) is 18.9 Å². The minimum atomic E-state index is -0.429. The maximum Gasteiger partial charge on any atom is 0.346 e. The van der Waals surface area contributed by atoms with Gasteiger partial charge in [-0.15, -0.1) is 0 Å². The lowest BCUT2D eigenvalue weighted by Gasteiger charge is -2.07. The van der Waals surface area contributed by atoms with Gasteiger partial charge in [-0.2, -0.15) is 4.98 Å². The van der Waals surface area contributed by atoms with Gasteiger partial charge in [0.25, 0.3) is 0 Å². The number of nitrogens with zero attached hydrogens (tertiary/aromatic N) is 1. The van der Waals surface area contributed by atoms with E-state index in [4.69, 9.17) is 0 Å². The Morgan fingerprint density at radius 2 is 1.78 bits per heavy atom. The Morgan fingerprint density at radius 1 is 1.17 bits per heavy atom. The number of hydrogen-bond donors (Lipinski definition) is 3. The summed E-state index contributed by atoms with van der Waals surface area (Å²) in [6, 6.07) is 8.51. The zero-order valence-electron chi connectivity index (χ0n) is 12.7. The first-order valence-electron chi connectivity index (χ1n) is 6.80. The molecule has 0 fully saturated rings. The van der Waals surface area contributed by atoms with Crippen LogP contribution in [0.4, 0.5) is 11.4 Å². The van der Waals surface area contributed by atoms with Gasteiger partial charge in [0.15, 0.2) is 0 Å². The van der Waals surface area contributed by atoms with Crippen molar-refractivity contribution in [3.63, 3.8) is 0 Å². The second-order valence-corrected chi connectivity index (χ2v) is 5.80. The molecule has 8 heteroatoms. The third kappa shape index (κ3) is 5.59. The van der Waals surface area contributed by atoms with Crippen molar-refractivity contribution >= 4 is 35.0 Å². The highest BCUT2D eigenvalue weighted by atomic mass is 32.2. The molecule has 2 aromatic rings. The van der Waals surface area contributed by atoms with E-state index in [2.05, 4.69) is 20.6 Å². The van der Waals surface area contributed by atoms with Crippen LogP contribution in [0.1, 0.15) is 12.6 Å². The number of rotatable bonds is 5. The van der Waals surface area contributed by atoms with E-state index in [0.29, 0.717) is 22.1 Å². The number of benzene rings is 1. The smallest absolute Gasteiger partial charge is 0.326 e. The van der Waals surface area contributed by atoms with Crippen LogP contribution in [0.2, 0.25) is 0 Å². The fourth-order valence-corrected chi connectivity index (χ4v) is 2.56. The Balaban J connectivity index is 1.89. The molecule has 120 valence electrons. The molecule has 0 atom stereocenters. The molecule has 0 saturated carbocycles. The lowest BCUT2D eigenvalue weighted by molar-refractivity contribution is -0.114. The highest BCUT2D eigenvalue weighted by Crippen LogP contribution is 2.16. The molecule has 7 nitrogen and oxygen atoms in total. The Kier molecular flexibility index (Phi) is 5.53. The molecule has 0 spiro atoms. The number of carbonyl (C=O) groups is 2. The largest absolute Gasteiger partial charge is 0.346 e. The monoisotopic (exact) mass is 332 g/mol. The molecule has 3 N–H and O–H groups in total. The predicted octanol–water partition coefficient (Wildman–Crippen LogP) is 1.77. The summed E-state index contributed by atoms with van der Waals surface area (Å²) in [6.45, 7) is 3.18. The maximum atomic E-state index is 11.9. The zero-order valence-corrected chi connectivity index (χ0v) is 13.5. The van der Waals surface area contributed by atoms with Crippen molar-refractivity contribution in [1.82, 2.24) is 9.97 Å².